The first-order valence-electron chi connectivity index (χ1n) is 9.53. The van der Waals surface area contributed by atoms with Crippen LogP contribution in [0.3, 0.4) is 0 Å². The largest absolute Gasteiger partial charge is 0.359 e. The van der Waals surface area contributed by atoms with Crippen molar-refractivity contribution in [3.8, 4) is 0 Å². The molecule has 8 heteroatoms. The molecular weight excluding hydrogens is 410 g/mol. The average molecular weight is 438 g/mol. The summed E-state index contributed by atoms with van der Waals surface area (Å²) in [6, 6.07) is 12.6. The van der Waals surface area contributed by atoms with Crippen LogP contribution in [0.25, 0.3) is 0 Å². The lowest BCUT2D eigenvalue weighted by Crippen LogP contribution is -2.46. The Bertz CT molecular complexity index is 1060. The van der Waals surface area contributed by atoms with E-state index in [0.29, 0.717) is 0 Å². The number of rotatable bonds is 6. The monoisotopic (exact) mass is 437 g/mol. The van der Waals surface area contributed by atoms with Crippen LogP contribution >= 0.6 is 0 Å². The van der Waals surface area contributed by atoms with Gasteiger partial charge in [0.25, 0.3) is 0 Å². The minimum atomic E-state index is -3.92. The van der Waals surface area contributed by atoms with Crippen molar-refractivity contribution < 1.29 is 21.6 Å². The molecule has 1 heterocycles. The number of hydrogen-bond acceptors (Lipinski definition) is 5. The maximum absolute atomic E-state index is 13.4. The zero-order chi connectivity index (χ0) is 21.4. The zero-order valence-electron chi connectivity index (χ0n) is 17.1. The van der Waals surface area contributed by atoms with Crippen LogP contribution in [0.5, 0.6) is 0 Å². The summed E-state index contributed by atoms with van der Waals surface area (Å²) in [7, 11) is -7.64. The lowest BCUT2D eigenvalue weighted by atomic mass is 10.1. The Morgan fingerprint density at radius 3 is 1.86 bits per heavy atom. The standard InChI is InChI=1S/C21H27NO5S2/c1-15(2)20-13-27-21(14-28(23,24)18-9-5-16(3)6-10-18)22(20)29(25,26)19-11-7-17(4)8-12-19/h5-12,15,20-21H,13-14H2,1-4H3/t20-,21+/m1/s1. The van der Waals surface area contributed by atoms with Crippen LogP contribution in [0.1, 0.15) is 25.0 Å². The fourth-order valence-electron chi connectivity index (χ4n) is 3.37. The van der Waals surface area contributed by atoms with Crippen molar-refractivity contribution in [1.29, 1.82) is 0 Å². The Morgan fingerprint density at radius 2 is 1.38 bits per heavy atom. The van der Waals surface area contributed by atoms with Gasteiger partial charge in [-0.15, -0.1) is 0 Å². The van der Waals surface area contributed by atoms with E-state index in [-0.39, 0.29) is 22.3 Å². The highest BCUT2D eigenvalue weighted by atomic mass is 32.2. The molecule has 1 saturated heterocycles. The highest BCUT2D eigenvalue weighted by Gasteiger charge is 2.46. The Kier molecular flexibility index (Phi) is 6.19. The van der Waals surface area contributed by atoms with Crippen molar-refractivity contribution in [2.75, 3.05) is 12.4 Å². The summed E-state index contributed by atoms with van der Waals surface area (Å²) in [6.45, 7) is 7.73. The Morgan fingerprint density at radius 1 is 0.897 bits per heavy atom. The van der Waals surface area contributed by atoms with E-state index in [4.69, 9.17) is 4.74 Å². The number of ether oxygens (including phenoxy) is 1. The molecule has 2 aromatic rings. The Hall–Kier alpha value is -1.74. The molecule has 0 saturated carbocycles. The SMILES string of the molecule is Cc1ccc(S(=O)(=O)C[C@@H]2OC[C@H](C(C)C)N2S(=O)(=O)c2ccc(C)cc2)cc1. The van der Waals surface area contributed by atoms with E-state index in [1.165, 1.54) is 4.31 Å². The van der Waals surface area contributed by atoms with E-state index in [2.05, 4.69) is 0 Å². The number of aryl methyl sites for hydroxylation is 2. The van der Waals surface area contributed by atoms with Gasteiger partial charge in [0.1, 0.15) is 6.23 Å². The maximum atomic E-state index is 13.4. The number of sulfone groups is 1. The lowest BCUT2D eigenvalue weighted by Gasteiger charge is -2.29. The summed E-state index contributed by atoms with van der Waals surface area (Å²) in [5.74, 6) is -0.452. The van der Waals surface area contributed by atoms with Gasteiger partial charge in [-0.1, -0.05) is 49.2 Å². The molecule has 0 spiro atoms. The summed E-state index contributed by atoms with van der Waals surface area (Å²) < 4.78 is 59.6. The minimum absolute atomic E-state index is 0.0256. The molecule has 0 bridgehead atoms. The van der Waals surface area contributed by atoms with Gasteiger partial charge >= 0.3 is 0 Å². The molecule has 6 nitrogen and oxygen atoms in total. The number of nitrogens with zero attached hydrogens (tertiary/aromatic N) is 1. The van der Waals surface area contributed by atoms with Crippen LogP contribution in [-0.4, -0.2) is 45.8 Å². The van der Waals surface area contributed by atoms with Crippen molar-refractivity contribution in [1.82, 2.24) is 4.31 Å². The first kappa shape index (κ1) is 22.0. The van der Waals surface area contributed by atoms with Crippen LogP contribution in [-0.2, 0) is 24.6 Å². The van der Waals surface area contributed by atoms with Crippen LogP contribution < -0.4 is 0 Å². The topological polar surface area (TPSA) is 80.8 Å². The third-order valence-electron chi connectivity index (χ3n) is 5.18. The van der Waals surface area contributed by atoms with Crippen molar-refractivity contribution in [3.63, 3.8) is 0 Å². The third kappa shape index (κ3) is 4.55. The number of benzene rings is 2. The molecule has 1 fully saturated rings. The predicted octanol–water partition coefficient (Wildman–Crippen LogP) is 3.15. The molecule has 0 aliphatic carbocycles. The van der Waals surface area contributed by atoms with Gasteiger partial charge in [-0.05, 0) is 44.0 Å². The number of sulfonamides is 1. The van der Waals surface area contributed by atoms with Crippen LogP contribution in [0.15, 0.2) is 58.3 Å². The molecule has 1 aliphatic heterocycles. The van der Waals surface area contributed by atoms with Gasteiger partial charge in [-0.3, -0.25) is 0 Å². The van der Waals surface area contributed by atoms with Crippen molar-refractivity contribution in [2.24, 2.45) is 5.92 Å². The van der Waals surface area contributed by atoms with Crippen molar-refractivity contribution >= 4 is 19.9 Å². The fourth-order valence-corrected chi connectivity index (χ4v) is 6.67. The van der Waals surface area contributed by atoms with Crippen LogP contribution in [0, 0.1) is 19.8 Å². The molecule has 2 aromatic carbocycles. The van der Waals surface area contributed by atoms with Gasteiger partial charge in [-0.2, -0.15) is 4.31 Å². The van der Waals surface area contributed by atoms with Crippen LogP contribution in [0.4, 0.5) is 0 Å². The Balaban J connectivity index is 1.97. The molecule has 29 heavy (non-hydrogen) atoms. The molecule has 0 aromatic heterocycles. The average Bonchev–Trinajstić information content (AvgIpc) is 3.06. The summed E-state index contributed by atoms with van der Waals surface area (Å²) in [5, 5.41) is 0. The quantitative estimate of drug-likeness (QED) is 0.694. The smallest absolute Gasteiger partial charge is 0.245 e. The molecule has 2 atom stereocenters. The molecule has 158 valence electrons. The van der Waals surface area contributed by atoms with Crippen LogP contribution in [0.2, 0.25) is 0 Å². The second-order valence-corrected chi connectivity index (χ2v) is 11.7. The summed E-state index contributed by atoms with van der Waals surface area (Å²) in [4.78, 5) is 0.296. The van der Waals surface area contributed by atoms with E-state index >= 15 is 0 Å². The number of hydrogen-bond donors (Lipinski definition) is 0. The van der Waals surface area contributed by atoms with E-state index in [0.717, 1.165) is 11.1 Å². The van der Waals surface area contributed by atoms with Gasteiger partial charge in [0, 0.05) is 0 Å². The molecular formula is C21H27NO5S2. The normalized spacial score (nSPS) is 21.0. The van der Waals surface area contributed by atoms with E-state index in [1.54, 1.807) is 48.5 Å². The molecule has 0 N–H and O–H groups in total. The second-order valence-electron chi connectivity index (χ2n) is 7.84. The zero-order valence-corrected chi connectivity index (χ0v) is 18.7. The van der Waals surface area contributed by atoms with Gasteiger partial charge in [0.15, 0.2) is 9.84 Å². The molecule has 0 radical (unpaired) electrons. The van der Waals surface area contributed by atoms with E-state index < -0.39 is 37.9 Å². The first-order valence-corrected chi connectivity index (χ1v) is 12.6. The fraction of sp³-hybridized carbons (Fsp3) is 0.429. The maximum Gasteiger partial charge on any atom is 0.245 e. The first-order chi connectivity index (χ1) is 13.5. The minimum Gasteiger partial charge on any atom is -0.359 e. The highest BCUT2D eigenvalue weighted by molar-refractivity contribution is 7.91. The molecule has 3 rings (SSSR count). The molecule has 0 unspecified atom stereocenters. The summed E-state index contributed by atoms with van der Waals surface area (Å²) in [6.07, 6.45) is -1.07. The molecule has 0 amide bonds. The van der Waals surface area contributed by atoms with Crippen molar-refractivity contribution in [2.45, 2.75) is 49.8 Å². The van der Waals surface area contributed by atoms with Gasteiger partial charge in [0.05, 0.1) is 28.2 Å². The van der Waals surface area contributed by atoms with Gasteiger partial charge < -0.3 is 4.74 Å². The van der Waals surface area contributed by atoms with Gasteiger partial charge in [-0.25, -0.2) is 16.8 Å². The predicted molar refractivity (Wildman–Crippen MR) is 112 cm³/mol. The van der Waals surface area contributed by atoms with E-state index in [9.17, 15) is 16.8 Å². The van der Waals surface area contributed by atoms with Crippen molar-refractivity contribution in [3.05, 3.63) is 59.7 Å². The van der Waals surface area contributed by atoms with Gasteiger partial charge in [0.2, 0.25) is 10.0 Å². The lowest BCUT2D eigenvalue weighted by molar-refractivity contribution is 0.0869. The molecule has 1 aliphatic rings. The second kappa shape index (κ2) is 8.18. The summed E-state index contributed by atoms with van der Waals surface area (Å²) >= 11 is 0. The van der Waals surface area contributed by atoms with E-state index in [1.807, 2.05) is 27.7 Å². The third-order valence-corrected chi connectivity index (χ3v) is 8.82. The highest BCUT2D eigenvalue weighted by Crippen LogP contribution is 2.32. The Labute approximate surface area is 173 Å². The summed E-state index contributed by atoms with van der Waals surface area (Å²) in [5.41, 5.74) is 1.89.